The number of benzene rings is 2. The quantitative estimate of drug-likeness (QED) is 0.749. The second-order valence-corrected chi connectivity index (χ2v) is 6.43. The summed E-state index contributed by atoms with van der Waals surface area (Å²) >= 11 is 0. The molecule has 6 heteroatoms. The summed E-state index contributed by atoms with van der Waals surface area (Å²) in [5.74, 6) is -0.456. The molecule has 2 aliphatic rings. The van der Waals surface area contributed by atoms with Crippen LogP contribution < -0.4 is 5.32 Å². The molecule has 2 aliphatic heterocycles. The standard InChI is InChI=1S/C19H20N2O4/c22-16-8-7-12(10-17(16)23)18-20-15-6-2-1-5-14(15)19(24)21(18)11-13-4-3-9-25-13/h1-2,5-8,10,13,18,20,22-23H,3-4,9,11H2/t13-,18-/m1/s1. The third kappa shape index (κ3) is 2.89. The number of para-hydroxylation sites is 1. The average Bonchev–Trinajstić information content (AvgIpc) is 3.13. The Labute approximate surface area is 145 Å². The number of phenolic OH excluding ortho intramolecular Hbond substituents is 2. The molecular weight excluding hydrogens is 320 g/mol. The Balaban J connectivity index is 1.72. The second kappa shape index (κ2) is 6.29. The number of carbonyl (C=O) groups is 1. The van der Waals surface area contributed by atoms with Gasteiger partial charge in [-0.1, -0.05) is 18.2 Å². The summed E-state index contributed by atoms with van der Waals surface area (Å²) in [5.41, 5.74) is 2.09. The number of hydrogen-bond acceptors (Lipinski definition) is 5. The van der Waals surface area contributed by atoms with E-state index in [1.165, 1.54) is 12.1 Å². The number of anilines is 1. The maximum atomic E-state index is 13.1. The first-order valence-corrected chi connectivity index (χ1v) is 8.43. The first-order chi connectivity index (χ1) is 12.1. The lowest BCUT2D eigenvalue weighted by atomic mass is 10.0. The Morgan fingerprint density at radius 2 is 2.00 bits per heavy atom. The van der Waals surface area contributed by atoms with Crippen molar-refractivity contribution in [2.24, 2.45) is 0 Å². The van der Waals surface area contributed by atoms with Crippen molar-refractivity contribution in [1.29, 1.82) is 0 Å². The van der Waals surface area contributed by atoms with E-state index in [1.807, 2.05) is 18.2 Å². The lowest BCUT2D eigenvalue weighted by Gasteiger charge is -2.39. The number of phenols is 2. The number of amides is 1. The highest BCUT2D eigenvalue weighted by Crippen LogP contribution is 2.36. The van der Waals surface area contributed by atoms with Crippen molar-refractivity contribution in [2.75, 3.05) is 18.5 Å². The van der Waals surface area contributed by atoms with Crippen molar-refractivity contribution in [3.05, 3.63) is 53.6 Å². The third-order valence-corrected chi connectivity index (χ3v) is 4.76. The molecule has 0 aliphatic carbocycles. The fourth-order valence-electron chi connectivity index (χ4n) is 3.46. The average molecular weight is 340 g/mol. The molecule has 2 heterocycles. The molecule has 0 unspecified atom stereocenters. The number of fused-ring (bicyclic) bond motifs is 1. The molecule has 0 spiro atoms. The molecule has 0 saturated carbocycles. The van der Waals surface area contributed by atoms with E-state index in [2.05, 4.69) is 5.32 Å². The van der Waals surface area contributed by atoms with E-state index in [-0.39, 0.29) is 23.5 Å². The van der Waals surface area contributed by atoms with Crippen LogP contribution in [0.15, 0.2) is 42.5 Å². The molecule has 2 aromatic rings. The summed E-state index contributed by atoms with van der Waals surface area (Å²) in [5, 5.41) is 22.8. The molecule has 3 N–H and O–H groups in total. The molecule has 0 radical (unpaired) electrons. The highest BCUT2D eigenvalue weighted by atomic mass is 16.5. The van der Waals surface area contributed by atoms with Crippen LogP contribution in [0.3, 0.4) is 0 Å². The number of nitrogens with zero attached hydrogens (tertiary/aromatic N) is 1. The Morgan fingerprint density at radius 1 is 1.16 bits per heavy atom. The van der Waals surface area contributed by atoms with Gasteiger partial charge in [0.25, 0.3) is 5.91 Å². The predicted octanol–water partition coefficient (Wildman–Crippen LogP) is 2.84. The molecule has 0 bridgehead atoms. The SMILES string of the molecule is O=C1c2ccccc2N[C@@H](c2ccc(O)c(O)c2)N1C[C@H]1CCCO1. The summed E-state index contributed by atoms with van der Waals surface area (Å²) in [7, 11) is 0. The zero-order valence-electron chi connectivity index (χ0n) is 13.7. The molecule has 1 saturated heterocycles. The normalized spacial score (nSPS) is 22.6. The van der Waals surface area contributed by atoms with Gasteiger partial charge in [-0.05, 0) is 42.7 Å². The van der Waals surface area contributed by atoms with E-state index in [0.29, 0.717) is 17.7 Å². The number of hydrogen-bond donors (Lipinski definition) is 3. The van der Waals surface area contributed by atoms with Crippen molar-refractivity contribution in [2.45, 2.75) is 25.1 Å². The lowest BCUT2D eigenvalue weighted by molar-refractivity contribution is 0.0426. The van der Waals surface area contributed by atoms with Gasteiger partial charge in [-0.15, -0.1) is 0 Å². The topological polar surface area (TPSA) is 82.0 Å². The molecule has 130 valence electrons. The van der Waals surface area contributed by atoms with Crippen LogP contribution in [0.4, 0.5) is 5.69 Å². The van der Waals surface area contributed by atoms with Crippen LogP contribution in [0.25, 0.3) is 0 Å². The van der Waals surface area contributed by atoms with Crippen molar-refractivity contribution >= 4 is 11.6 Å². The van der Waals surface area contributed by atoms with Crippen LogP contribution in [-0.4, -0.2) is 40.3 Å². The largest absolute Gasteiger partial charge is 0.504 e. The summed E-state index contributed by atoms with van der Waals surface area (Å²) in [4.78, 5) is 14.8. The van der Waals surface area contributed by atoms with Crippen molar-refractivity contribution in [3.8, 4) is 11.5 Å². The molecule has 2 atom stereocenters. The van der Waals surface area contributed by atoms with Gasteiger partial charge < -0.3 is 25.2 Å². The van der Waals surface area contributed by atoms with Crippen LogP contribution in [0.2, 0.25) is 0 Å². The van der Waals surface area contributed by atoms with E-state index < -0.39 is 6.17 Å². The van der Waals surface area contributed by atoms with Crippen LogP contribution >= 0.6 is 0 Å². The minimum Gasteiger partial charge on any atom is -0.504 e. The highest BCUT2D eigenvalue weighted by Gasteiger charge is 2.35. The van der Waals surface area contributed by atoms with Crippen LogP contribution in [0.5, 0.6) is 11.5 Å². The fourth-order valence-corrected chi connectivity index (χ4v) is 3.46. The number of aromatic hydroxyl groups is 2. The van der Waals surface area contributed by atoms with E-state index >= 15 is 0 Å². The van der Waals surface area contributed by atoms with Crippen molar-refractivity contribution < 1.29 is 19.7 Å². The Bertz CT molecular complexity index is 802. The van der Waals surface area contributed by atoms with Gasteiger partial charge in [0.1, 0.15) is 6.17 Å². The monoisotopic (exact) mass is 340 g/mol. The molecular formula is C19H20N2O4. The van der Waals surface area contributed by atoms with E-state index in [1.54, 1.807) is 17.0 Å². The first-order valence-electron chi connectivity index (χ1n) is 8.43. The number of ether oxygens (including phenoxy) is 1. The van der Waals surface area contributed by atoms with Gasteiger partial charge in [-0.2, -0.15) is 0 Å². The number of nitrogens with one attached hydrogen (secondary N) is 1. The third-order valence-electron chi connectivity index (χ3n) is 4.76. The Kier molecular flexibility index (Phi) is 3.97. The maximum absolute atomic E-state index is 13.1. The van der Waals surface area contributed by atoms with Crippen molar-refractivity contribution in [1.82, 2.24) is 4.90 Å². The van der Waals surface area contributed by atoms with Gasteiger partial charge in [-0.25, -0.2) is 0 Å². The van der Waals surface area contributed by atoms with Crippen LogP contribution in [0.1, 0.15) is 34.9 Å². The zero-order valence-corrected chi connectivity index (χ0v) is 13.7. The first kappa shape index (κ1) is 15.8. The highest BCUT2D eigenvalue weighted by molar-refractivity contribution is 6.01. The Hall–Kier alpha value is -2.73. The van der Waals surface area contributed by atoms with Gasteiger partial charge in [0.2, 0.25) is 0 Å². The van der Waals surface area contributed by atoms with Crippen molar-refractivity contribution in [3.63, 3.8) is 0 Å². The van der Waals surface area contributed by atoms with Gasteiger partial charge in [0, 0.05) is 18.8 Å². The minimum absolute atomic E-state index is 0.0178. The van der Waals surface area contributed by atoms with E-state index in [0.717, 1.165) is 25.1 Å². The number of carbonyl (C=O) groups excluding carboxylic acids is 1. The fraction of sp³-hybridized carbons (Fsp3) is 0.316. The van der Waals surface area contributed by atoms with Gasteiger partial charge in [0.15, 0.2) is 11.5 Å². The molecule has 2 aromatic carbocycles. The van der Waals surface area contributed by atoms with Gasteiger partial charge >= 0.3 is 0 Å². The maximum Gasteiger partial charge on any atom is 0.257 e. The summed E-state index contributed by atoms with van der Waals surface area (Å²) < 4.78 is 5.71. The zero-order chi connectivity index (χ0) is 17.4. The van der Waals surface area contributed by atoms with E-state index in [9.17, 15) is 15.0 Å². The molecule has 6 nitrogen and oxygen atoms in total. The molecule has 25 heavy (non-hydrogen) atoms. The van der Waals surface area contributed by atoms with Crippen LogP contribution in [-0.2, 0) is 4.74 Å². The molecule has 1 amide bonds. The smallest absolute Gasteiger partial charge is 0.257 e. The van der Waals surface area contributed by atoms with Gasteiger partial charge in [0.05, 0.1) is 11.7 Å². The lowest BCUT2D eigenvalue weighted by Crippen LogP contribution is -2.46. The summed E-state index contributed by atoms with van der Waals surface area (Å²) in [6.45, 7) is 1.20. The molecule has 1 fully saturated rings. The second-order valence-electron chi connectivity index (χ2n) is 6.43. The molecule has 0 aromatic heterocycles. The van der Waals surface area contributed by atoms with Gasteiger partial charge in [-0.3, -0.25) is 4.79 Å². The van der Waals surface area contributed by atoms with Crippen LogP contribution in [0, 0.1) is 0 Å². The summed E-state index contributed by atoms with van der Waals surface area (Å²) in [6.07, 6.45) is 1.52. The number of rotatable bonds is 3. The Morgan fingerprint density at radius 3 is 2.76 bits per heavy atom. The van der Waals surface area contributed by atoms with E-state index in [4.69, 9.17) is 4.74 Å². The predicted molar refractivity (Wildman–Crippen MR) is 92.6 cm³/mol. The summed E-state index contributed by atoms with van der Waals surface area (Å²) in [6, 6.07) is 12.0. The minimum atomic E-state index is -0.432. The molecule has 4 rings (SSSR count).